The lowest BCUT2D eigenvalue weighted by atomic mass is 9.74. The fraction of sp³-hybridized carbons (Fsp3) is 0.545. The molecule has 2 aromatic carbocycles. The minimum absolute atomic E-state index is 0.0248. The van der Waals surface area contributed by atoms with Crippen LogP contribution >= 0.6 is 11.3 Å². The van der Waals surface area contributed by atoms with E-state index in [9.17, 15) is 26.4 Å². The molecule has 0 amide bonds. The van der Waals surface area contributed by atoms with Crippen LogP contribution in [-0.2, 0) is 62.1 Å². The number of hydrogen-bond donors (Lipinski definition) is 2. The Labute approximate surface area is 514 Å². The lowest BCUT2D eigenvalue weighted by molar-refractivity contribution is -0.0191. The molecule has 4 heterocycles. The Balaban J connectivity index is 0.000000246. The van der Waals surface area contributed by atoms with E-state index < -0.39 is 26.0 Å². The zero-order valence-electron chi connectivity index (χ0n) is 54.0. The van der Waals surface area contributed by atoms with Crippen LogP contribution in [0, 0.1) is 104 Å². The second-order valence-electron chi connectivity index (χ2n) is 26.4. The summed E-state index contributed by atoms with van der Waals surface area (Å²) in [6, 6.07) is 8.44. The molecule has 2 aliphatic rings. The molecule has 86 heavy (non-hydrogen) atoms. The van der Waals surface area contributed by atoms with Crippen molar-refractivity contribution in [1.29, 1.82) is 0 Å². The van der Waals surface area contributed by atoms with E-state index in [0.29, 0.717) is 58.8 Å². The lowest BCUT2D eigenvalue weighted by Gasteiger charge is -2.33. The van der Waals surface area contributed by atoms with E-state index in [4.69, 9.17) is 32.5 Å². The molecule has 17 nitrogen and oxygen atoms in total. The maximum Gasteiger partial charge on any atom is 0.333 e. The van der Waals surface area contributed by atoms with Crippen molar-refractivity contribution >= 4 is 43.5 Å². The number of methoxy groups -OCH3 is 2. The Kier molecular flexibility index (Phi) is 20.3. The van der Waals surface area contributed by atoms with Gasteiger partial charge in [-0.05, 0) is 191 Å². The molecular weight excluding hydrogens is 1150 g/mol. The molecule has 2 fully saturated rings. The van der Waals surface area contributed by atoms with Gasteiger partial charge in [-0.25, -0.2) is 30.2 Å². The first-order valence-corrected chi connectivity index (χ1v) is 33.0. The normalized spacial score (nSPS) is 20.5. The summed E-state index contributed by atoms with van der Waals surface area (Å²) in [4.78, 5) is 47.2. The summed E-state index contributed by atoms with van der Waals surface area (Å²) in [7, 11) is -4.91. The maximum atomic E-state index is 14.1. The first-order valence-electron chi connectivity index (χ1n) is 29.2. The van der Waals surface area contributed by atoms with E-state index in [1.54, 1.807) is 26.6 Å². The highest BCUT2D eigenvalue weighted by atomic mass is 32.2. The highest BCUT2D eigenvalue weighted by Gasteiger charge is 2.51. The summed E-state index contributed by atoms with van der Waals surface area (Å²) in [5.41, 5.74) is 15.6. The van der Waals surface area contributed by atoms with Crippen LogP contribution in [0.3, 0.4) is 0 Å². The second kappa shape index (κ2) is 25.6. The lowest BCUT2D eigenvalue weighted by Crippen LogP contribution is -2.36. The minimum atomic E-state index is -4.08. The topological polar surface area (TPSA) is 256 Å². The van der Waals surface area contributed by atoms with Gasteiger partial charge in [0, 0.05) is 59.7 Å². The van der Waals surface area contributed by atoms with E-state index >= 15 is 0 Å². The Morgan fingerprint density at radius 2 is 1.00 bits per heavy atom. The zero-order valence-corrected chi connectivity index (χ0v) is 56.4. The van der Waals surface area contributed by atoms with Gasteiger partial charge in [0.15, 0.2) is 5.76 Å². The van der Waals surface area contributed by atoms with E-state index in [-0.39, 0.29) is 82.7 Å². The Hall–Kier alpha value is -5.42. The van der Waals surface area contributed by atoms with E-state index in [1.165, 1.54) is 79.6 Å². The second-order valence-corrected chi connectivity index (χ2v) is 30.1. The summed E-state index contributed by atoms with van der Waals surface area (Å²) in [5.74, 6) is 0.286. The van der Waals surface area contributed by atoms with Crippen molar-refractivity contribution in [3.63, 3.8) is 0 Å². The molecule has 0 bridgehead atoms. The van der Waals surface area contributed by atoms with Gasteiger partial charge in [0.1, 0.15) is 18.4 Å². The molecule has 6 aromatic rings. The number of furan rings is 1. The molecule has 2 saturated carbocycles. The van der Waals surface area contributed by atoms with Gasteiger partial charge in [-0.15, -0.1) is 11.3 Å². The number of ketones is 2. The number of benzene rings is 2. The van der Waals surface area contributed by atoms with Crippen molar-refractivity contribution in [3.8, 4) is 0 Å². The molecule has 8 rings (SSSR count). The van der Waals surface area contributed by atoms with Crippen molar-refractivity contribution in [2.24, 2.45) is 44.8 Å². The number of ether oxygens (including phenoxy) is 2. The molecule has 4 aromatic heterocycles. The average Bonchev–Trinajstić information content (AvgIpc) is 1.72. The number of carbonyl (C=O) groups is 2. The van der Waals surface area contributed by atoms with Crippen molar-refractivity contribution in [3.05, 3.63) is 160 Å². The highest BCUT2D eigenvalue weighted by molar-refractivity contribution is 7.84. The number of thiophene rings is 1. The summed E-state index contributed by atoms with van der Waals surface area (Å²) in [6.07, 6.45) is 7.81. The predicted octanol–water partition coefficient (Wildman–Crippen LogP) is 11.7. The SMILES string of the molecule is CO[C@@H]1[C@@H](COS(N)(=O)=O)C[C@@H](Cc2ncncc2C(=O)c2cc(C(C)(C)c3cc(C)c(C)c(C)c3C)c(C)o2)C1(C)C.CO[C@@H]1[C@@H](COS(N)(=O)=O)C[C@@H](Cc2ncncc2C(=O)c2cc(C(C)(C)c3cc(C)c(C)c(C)c3C)c(C)s2)C1(C)C. The Morgan fingerprint density at radius 3 is 1.41 bits per heavy atom. The van der Waals surface area contributed by atoms with Gasteiger partial charge in [0.05, 0.1) is 52.8 Å². The van der Waals surface area contributed by atoms with Crippen LogP contribution in [0.1, 0.15) is 188 Å². The van der Waals surface area contributed by atoms with Crippen molar-refractivity contribution < 1.29 is 48.7 Å². The predicted molar refractivity (Wildman–Crippen MR) is 336 cm³/mol. The van der Waals surface area contributed by atoms with Crippen LogP contribution < -0.4 is 10.3 Å². The number of aromatic nitrogens is 4. The zero-order chi connectivity index (χ0) is 64.1. The van der Waals surface area contributed by atoms with Gasteiger partial charge in [-0.2, -0.15) is 16.8 Å². The van der Waals surface area contributed by atoms with Gasteiger partial charge in [0.2, 0.25) is 11.6 Å². The van der Waals surface area contributed by atoms with E-state index in [1.807, 2.05) is 19.1 Å². The molecule has 0 spiro atoms. The number of rotatable bonds is 20. The maximum absolute atomic E-state index is 14.1. The minimum Gasteiger partial charge on any atom is -0.458 e. The number of hydrogen-bond acceptors (Lipinski definition) is 16. The van der Waals surface area contributed by atoms with Crippen LogP contribution in [0.2, 0.25) is 0 Å². The number of nitrogens with zero attached hydrogens (tertiary/aromatic N) is 4. The first kappa shape index (κ1) is 68.1. The summed E-state index contributed by atoms with van der Waals surface area (Å²) < 4.78 is 73.5. The molecule has 0 unspecified atom stereocenters. The Morgan fingerprint density at radius 1 is 0.593 bits per heavy atom. The van der Waals surface area contributed by atoms with E-state index in [2.05, 4.69) is 150 Å². The summed E-state index contributed by atoms with van der Waals surface area (Å²) in [6.45, 7) is 38.3. The third-order valence-corrected chi connectivity index (χ3v) is 21.9. The van der Waals surface area contributed by atoms with Gasteiger partial charge in [0.25, 0.3) is 0 Å². The van der Waals surface area contributed by atoms with Crippen LogP contribution in [0.5, 0.6) is 0 Å². The standard InChI is InChI=1S/C33H45N3O6S.C33H45N3O5S2/c2*1-18-11-26(21(4)20(3)19(18)2)33(8,9)27-14-29(42-22(27)5)30(37)25-15-35-17-36-28(25)13-24-12-23(16-41-43(34,38)39)31(40-10)32(24,6)7/h2*11,14-15,17,23-24,31H,12-13,16H2,1-10H3,(H2,34,38,39)/t2*23-,24+,31-/m11/s1. The smallest absolute Gasteiger partial charge is 0.333 e. The molecule has 6 atom stereocenters. The first-order chi connectivity index (χ1) is 39.8. The molecule has 0 aliphatic heterocycles. The van der Waals surface area contributed by atoms with Gasteiger partial charge < -0.3 is 13.9 Å². The fourth-order valence-electron chi connectivity index (χ4n) is 14.2. The van der Waals surface area contributed by atoms with Gasteiger partial charge in [-0.1, -0.05) is 67.5 Å². The third-order valence-electron chi connectivity index (χ3n) is 19.9. The van der Waals surface area contributed by atoms with Crippen molar-refractivity contribution in [2.75, 3.05) is 27.4 Å². The molecule has 20 heteroatoms. The van der Waals surface area contributed by atoms with Crippen molar-refractivity contribution in [1.82, 2.24) is 19.9 Å². The fourth-order valence-corrected chi connectivity index (χ4v) is 16.1. The summed E-state index contributed by atoms with van der Waals surface area (Å²) >= 11 is 1.51. The van der Waals surface area contributed by atoms with Gasteiger partial charge in [-0.3, -0.25) is 18.0 Å². The van der Waals surface area contributed by atoms with Gasteiger partial charge >= 0.3 is 20.6 Å². The van der Waals surface area contributed by atoms with Crippen LogP contribution in [0.15, 0.2) is 53.7 Å². The average molecular weight is 1240 g/mol. The molecule has 468 valence electrons. The number of aryl methyl sites for hydroxylation is 4. The number of carbonyl (C=O) groups excluding carboxylic acids is 2. The quantitative estimate of drug-likeness (QED) is 0.0674. The summed E-state index contributed by atoms with van der Waals surface area (Å²) in [5, 5.41) is 10.2. The highest BCUT2D eigenvalue weighted by Crippen LogP contribution is 2.51. The van der Waals surface area contributed by atoms with Crippen molar-refractivity contribution in [2.45, 2.75) is 173 Å². The third kappa shape index (κ3) is 13.9. The Bertz CT molecular complexity index is 3530. The van der Waals surface area contributed by atoms with Crippen LogP contribution in [0.4, 0.5) is 0 Å². The molecule has 4 N–H and O–H groups in total. The van der Waals surface area contributed by atoms with E-state index in [0.717, 1.165) is 16.0 Å². The van der Waals surface area contributed by atoms with Crippen LogP contribution in [0.25, 0.3) is 0 Å². The molecule has 0 radical (unpaired) electrons. The largest absolute Gasteiger partial charge is 0.458 e. The molecule has 2 aliphatic carbocycles. The molecular formula is C66H90N6O11S3. The van der Waals surface area contributed by atoms with Crippen LogP contribution in [-0.4, -0.2) is 88.0 Å². The monoisotopic (exact) mass is 1240 g/mol. The molecule has 0 saturated heterocycles. The number of nitrogens with two attached hydrogens (primary N) is 2.